The Balaban J connectivity index is 0.000000161. The van der Waals surface area contributed by atoms with Crippen molar-refractivity contribution in [2.75, 3.05) is 34.4 Å². The third-order valence-corrected chi connectivity index (χ3v) is 13.4. The molecule has 0 unspecified atom stereocenters. The third-order valence-electron chi connectivity index (χ3n) is 11.7. The van der Waals surface area contributed by atoms with Crippen LogP contribution < -0.4 is 35.5 Å². The summed E-state index contributed by atoms with van der Waals surface area (Å²) in [6.45, 7) is 0.0774. The maximum absolute atomic E-state index is 13.0. The highest BCUT2D eigenvalue weighted by molar-refractivity contribution is 14.1. The summed E-state index contributed by atoms with van der Waals surface area (Å²) in [6.07, 6.45) is 10.1. The van der Waals surface area contributed by atoms with Crippen molar-refractivity contribution in [3.8, 4) is 35.3 Å². The number of carbonyl (C=O) groups is 6. The first-order chi connectivity index (χ1) is 35.4. The van der Waals surface area contributed by atoms with Crippen molar-refractivity contribution >= 4 is 92.0 Å². The van der Waals surface area contributed by atoms with E-state index in [2.05, 4.69) is 64.7 Å². The highest BCUT2D eigenvalue weighted by Crippen LogP contribution is 2.35. The van der Waals surface area contributed by atoms with E-state index in [4.69, 9.17) is 40.4 Å². The van der Waals surface area contributed by atoms with Gasteiger partial charge in [-0.1, -0.05) is 18.1 Å². The van der Waals surface area contributed by atoms with Gasteiger partial charge in [-0.3, -0.25) is 34.8 Å². The fraction of sp³-hybridized carbons (Fsp3) is 0.245. The Bertz CT molecular complexity index is 3240. The summed E-state index contributed by atoms with van der Waals surface area (Å²) in [5, 5.41) is 45.1. The van der Waals surface area contributed by atoms with Crippen molar-refractivity contribution in [2.24, 2.45) is 0 Å². The predicted octanol–water partition coefficient (Wildman–Crippen LogP) is 2.95. The number of fused-ring (bicyclic) bond motifs is 3. The molecule has 4 aromatic heterocycles. The number of furan rings is 1. The molecule has 0 bridgehead atoms. The predicted molar refractivity (Wildman–Crippen MR) is 276 cm³/mol. The molecule has 25 heteroatoms. The van der Waals surface area contributed by atoms with Crippen LogP contribution in [0.5, 0.6) is 23.0 Å². The number of rotatable bonds is 11. The lowest BCUT2D eigenvalue weighted by molar-refractivity contribution is -0.125. The van der Waals surface area contributed by atoms with Gasteiger partial charge >= 0.3 is 12.1 Å². The number of ether oxygens (including phenoxy) is 3. The number of nitrogens with one attached hydrogen (secondary N) is 4. The molecule has 2 atom stereocenters. The first-order valence-electron chi connectivity index (χ1n) is 21.8. The first-order valence-corrected chi connectivity index (χ1v) is 24.0. The van der Waals surface area contributed by atoms with Crippen molar-refractivity contribution in [3.63, 3.8) is 0 Å². The largest absolute Gasteiger partial charge is 0.505 e. The Hall–Kier alpha value is -7.65. The quantitative estimate of drug-likeness (QED) is 0.0400. The molecule has 4 aliphatic rings. The molecule has 2 saturated heterocycles. The Kier molecular flexibility index (Phi) is 16.9. The summed E-state index contributed by atoms with van der Waals surface area (Å²) in [7, 11) is 4.62. The third kappa shape index (κ3) is 11.4. The molecule has 384 valence electrons. The number of methoxy groups -OCH3 is 3. The number of aliphatic hydroxyl groups is 3. The van der Waals surface area contributed by atoms with Gasteiger partial charge in [0.05, 0.1) is 54.2 Å². The molecule has 0 aliphatic carbocycles. The zero-order valence-corrected chi connectivity index (χ0v) is 43.7. The number of pyridine rings is 3. The van der Waals surface area contributed by atoms with Crippen LogP contribution in [0.15, 0.2) is 83.7 Å². The molecule has 0 spiro atoms. The van der Waals surface area contributed by atoms with E-state index in [0.29, 0.717) is 60.8 Å². The van der Waals surface area contributed by atoms with Crippen LogP contribution in [0.2, 0.25) is 0 Å². The number of hydrogen-bond acceptors (Lipinski definition) is 17. The summed E-state index contributed by atoms with van der Waals surface area (Å²) in [5.74, 6) is 2.61. The summed E-state index contributed by atoms with van der Waals surface area (Å²) < 4.78 is 22.5. The number of aromatic hydroxyl groups is 1. The van der Waals surface area contributed by atoms with Crippen LogP contribution in [0.3, 0.4) is 0 Å². The fourth-order valence-corrected chi connectivity index (χ4v) is 8.69. The van der Waals surface area contributed by atoms with E-state index in [1.165, 1.54) is 42.5 Å². The minimum atomic E-state index is -1.61. The van der Waals surface area contributed by atoms with E-state index < -0.39 is 35.0 Å². The van der Waals surface area contributed by atoms with Crippen molar-refractivity contribution in [1.82, 2.24) is 46.0 Å². The SMILES string of the molecule is C#C[C@]1(CN2Cc3ccc(OC)cc3C2=O)NC(=O)NC1=O.COc1cc(CO)cnc1I.COc1ccc2c(c1)C(=O)N(C[C@@]1(c3cc4ncc(CO)cc4o3)NC(=O)NC1=O)C2.OCc1cnc(I)c(O)c1. The number of carbonyl (C=O) groups excluding carboxylic acids is 6. The van der Waals surface area contributed by atoms with Crippen molar-refractivity contribution < 1.29 is 67.8 Å². The lowest BCUT2D eigenvalue weighted by Crippen LogP contribution is -2.54. The van der Waals surface area contributed by atoms with Gasteiger partial charge in [0.2, 0.25) is 0 Å². The molecule has 4 aliphatic heterocycles. The highest BCUT2D eigenvalue weighted by Gasteiger charge is 2.53. The van der Waals surface area contributed by atoms with E-state index in [0.717, 1.165) is 20.4 Å². The average molecular weight is 1240 g/mol. The number of aliphatic hydroxyl groups excluding tert-OH is 3. The van der Waals surface area contributed by atoms with Gasteiger partial charge < -0.3 is 59.5 Å². The Morgan fingerprint density at radius 3 is 1.70 bits per heavy atom. The van der Waals surface area contributed by atoms with Crippen LogP contribution >= 0.6 is 45.2 Å². The Labute approximate surface area is 448 Å². The maximum Gasteiger partial charge on any atom is 0.323 e. The molecular formula is C49H45I2N9O14. The highest BCUT2D eigenvalue weighted by atomic mass is 127. The van der Waals surface area contributed by atoms with Gasteiger partial charge in [-0.2, -0.15) is 0 Å². The fourth-order valence-electron chi connectivity index (χ4n) is 7.88. The molecule has 2 fully saturated rings. The van der Waals surface area contributed by atoms with Crippen LogP contribution in [0.1, 0.15) is 54.3 Å². The van der Waals surface area contributed by atoms with Crippen molar-refractivity contribution in [3.05, 3.63) is 131 Å². The zero-order valence-electron chi connectivity index (χ0n) is 39.4. The standard InChI is InChI=1S/C21H18N4O6.C15H13N3O4.C7H8INO2.C6H6INO2/c1-30-13-3-2-12-8-25(18(27)14(12)5-13)10-21(19(28)23-20(29)24-21)17-6-15-16(31-17)4-11(9-26)7-22-15;1-3-15(13(20)16-14(21)17-15)8-18-7-9-4-5-10(22-2)6-11(9)12(18)19;1-11-6-2-5(4-10)3-9-7(6)8;7-6-5(10)1-4(3-9)2-8-6/h2-7,26H,8-10H2,1H3,(H2,23,24,28,29);1,4-6H,7-8H2,2H3,(H2,16,17,20,21);2-3,10H,4H2,1H3;1-2,9-10H,3H2/t21-;15-;;/m01../s1. The van der Waals surface area contributed by atoms with Gasteiger partial charge in [-0.25, -0.2) is 19.6 Å². The average Bonchev–Trinajstić information content (AvgIpc) is 4.20. The first kappa shape index (κ1) is 54.1. The van der Waals surface area contributed by atoms with E-state index >= 15 is 0 Å². The second-order valence-corrected chi connectivity index (χ2v) is 18.5. The summed E-state index contributed by atoms with van der Waals surface area (Å²) in [4.78, 5) is 88.7. The second-order valence-electron chi connectivity index (χ2n) is 16.4. The molecule has 8 heterocycles. The number of terminal acetylenes is 1. The molecule has 6 aromatic rings. The van der Waals surface area contributed by atoms with Gasteiger partial charge in [-0.05, 0) is 115 Å². The molecule has 10 rings (SSSR count). The molecule has 8 amide bonds. The number of nitrogens with zero attached hydrogens (tertiary/aromatic N) is 5. The molecular weight excluding hydrogens is 1190 g/mol. The summed E-state index contributed by atoms with van der Waals surface area (Å²) >= 11 is 3.99. The van der Waals surface area contributed by atoms with Crippen LogP contribution in [-0.2, 0) is 48.0 Å². The molecule has 23 nitrogen and oxygen atoms in total. The van der Waals surface area contributed by atoms with Crippen molar-refractivity contribution in [1.29, 1.82) is 0 Å². The number of amides is 8. The Morgan fingerprint density at radius 2 is 1.20 bits per heavy atom. The lowest BCUT2D eigenvalue weighted by atomic mass is 9.95. The van der Waals surface area contributed by atoms with Crippen LogP contribution in [0, 0.1) is 19.7 Å². The van der Waals surface area contributed by atoms with E-state index in [9.17, 15) is 33.9 Å². The topological polar surface area (TPSA) is 317 Å². The van der Waals surface area contributed by atoms with Gasteiger partial charge in [-0.15, -0.1) is 6.42 Å². The normalized spacial score (nSPS) is 18.0. The van der Waals surface area contributed by atoms with Gasteiger partial charge in [0.1, 0.15) is 35.9 Å². The number of aromatic nitrogens is 3. The number of benzene rings is 2. The Morgan fingerprint density at radius 1 is 0.676 bits per heavy atom. The monoisotopic (exact) mass is 1240 g/mol. The van der Waals surface area contributed by atoms with Crippen LogP contribution in [-0.4, -0.2) is 121 Å². The molecule has 74 heavy (non-hydrogen) atoms. The minimum Gasteiger partial charge on any atom is -0.505 e. The number of hydrogen-bond donors (Lipinski definition) is 8. The number of imide groups is 2. The maximum atomic E-state index is 13.0. The smallest absolute Gasteiger partial charge is 0.323 e. The van der Waals surface area contributed by atoms with Gasteiger partial charge in [0.15, 0.2) is 22.4 Å². The molecule has 0 saturated carbocycles. The summed E-state index contributed by atoms with van der Waals surface area (Å²) in [5.41, 5.74) is 2.22. The molecule has 2 aromatic carbocycles. The van der Waals surface area contributed by atoms with Gasteiger partial charge in [0.25, 0.3) is 23.6 Å². The lowest BCUT2D eigenvalue weighted by Gasteiger charge is -2.28. The van der Waals surface area contributed by atoms with E-state index in [1.807, 2.05) is 22.6 Å². The van der Waals surface area contributed by atoms with Gasteiger partial charge in [0, 0.05) is 48.9 Å². The van der Waals surface area contributed by atoms with Crippen LogP contribution in [0.4, 0.5) is 9.59 Å². The minimum absolute atomic E-state index is 0.000278. The number of urea groups is 2. The number of halogens is 2. The molecule has 8 N–H and O–H groups in total. The van der Waals surface area contributed by atoms with Crippen LogP contribution in [0.25, 0.3) is 11.1 Å². The van der Waals surface area contributed by atoms with Crippen molar-refractivity contribution in [2.45, 2.75) is 44.0 Å². The summed E-state index contributed by atoms with van der Waals surface area (Å²) in [6, 6.07) is 15.5. The molecule has 0 radical (unpaired) electrons. The second kappa shape index (κ2) is 23.1. The zero-order chi connectivity index (χ0) is 53.5. The van der Waals surface area contributed by atoms with E-state index in [-0.39, 0.29) is 62.8 Å². The van der Waals surface area contributed by atoms with E-state index in [1.54, 1.807) is 67.9 Å².